The maximum absolute atomic E-state index is 12.9. The van der Waals surface area contributed by atoms with E-state index >= 15 is 0 Å². The highest BCUT2D eigenvalue weighted by atomic mass is 16.5. The summed E-state index contributed by atoms with van der Waals surface area (Å²) in [5.74, 6) is -0.662. The largest absolute Gasteiger partial charge is 0.465 e. The van der Waals surface area contributed by atoms with Gasteiger partial charge in [-0.2, -0.15) is 0 Å². The van der Waals surface area contributed by atoms with Crippen LogP contribution in [-0.2, 0) is 22.5 Å². The van der Waals surface area contributed by atoms with Gasteiger partial charge in [-0.25, -0.2) is 9.59 Å². The van der Waals surface area contributed by atoms with Crippen LogP contribution in [0, 0.1) is 0 Å². The molecule has 1 fully saturated rings. The van der Waals surface area contributed by atoms with E-state index in [4.69, 9.17) is 0 Å². The van der Waals surface area contributed by atoms with E-state index in [2.05, 4.69) is 10.1 Å². The van der Waals surface area contributed by atoms with Gasteiger partial charge in [0.1, 0.15) is 5.54 Å². The Hall–Kier alpha value is -3.15. The fourth-order valence-electron chi connectivity index (χ4n) is 3.15. The van der Waals surface area contributed by atoms with Crippen molar-refractivity contribution in [1.82, 2.24) is 10.2 Å². The zero-order valence-corrected chi connectivity index (χ0v) is 15.4. The molecule has 0 spiro atoms. The van der Waals surface area contributed by atoms with Crippen molar-refractivity contribution in [3.05, 3.63) is 71.3 Å². The third-order valence-corrected chi connectivity index (χ3v) is 4.82. The molecular weight excluding hydrogens is 344 g/mol. The molecular formula is C21H22N2O4. The Morgan fingerprint density at radius 2 is 1.70 bits per heavy atom. The predicted molar refractivity (Wildman–Crippen MR) is 100 cm³/mol. The first kappa shape index (κ1) is 18.6. The van der Waals surface area contributed by atoms with Crippen molar-refractivity contribution in [2.45, 2.75) is 31.8 Å². The number of ether oxygens (including phenoxy) is 1. The summed E-state index contributed by atoms with van der Waals surface area (Å²) < 4.78 is 4.67. The van der Waals surface area contributed by atoms with E-state index in [0.29, 0.717) is 18.4 Å². The Kier molecular flexibility index (Phi) is 5.26. The summed E-state index contributed by atoms with van der Waals surface area (Å²) in [6.07, 6.45) is 1.23. The minimum absolute atomic E-state index is 0.160. The molecule has 27 heavy (non-hydrogen) atoms. The molecule has 1 aliphatic heterocycles. The lowest BCUT2D eigenvalue weighted by molar-refractivity contribution is -0.131. The van der Waals surface area contributed by atoms with Crippen molar-refractivity contribution in [3.63, 3.8) is 0 Å². The highest BCUT2D eigenvalue weighted by Crippen LogP contribution is 2.25. The smallest absolute Gasteiger partial charge is 0.337 e. The second-order valence-corrected chi connectivity index (χ2v) is 6.83. The van der Waals surface area contributed by atoms with Crippen LogP contribution >= 0.6 is 0 Å². The maximum Gasteiger partial charge on any atom is 0.337 e. The van der Waals surface area contributed by atoms with Gasteiger partial charge >= 0.3 is 12.0 Å². The molecule has 1 unspecified atom stereocenters. The number of rotatable bonds is 6. The van der Waals surface area contributed by atoms with Crippen LogP contribution in [0.1, 0.15) is 34.8 Å². The van der Waals surface area contributed by atoms with Crippen LogP contribution in [0.25, 0.3) is 0 Å². The summed E-state index contributed by atoms with van der Waals surface area (Å²) >= 11 is 0. The molecule has 6 heteroatoms. The number of esters is 1. The lowest BCUT2D eigenvalue weighted by atomic mass is 9.93. The normalized spacial score (nSPS) is 19.1. The van der Waals surface area contributed by atoms with E-state index in [1.54, 1.807) is 31.2 Å². The highest BCUT2D eigenvalue weighted by molar-refractivity contribution is 6.06. The lowest BCUT2D eigenvalue weighted by Crippen LogP contribution is -2.44. The summed E-state index contributed by atoms with van der Waals surface area (Å²) in [6.45, 7) is 1.92. The van der Waals surface area contributed by atoms with E-state index in [1.165, 1.54) is 12.0 Å². The number of aryl methyl sites for hydroxylation is 1. The SMILES string of the molecule is COC(=O)c1ccc(CN2C(=O)NC(C)(CCc3ccccc3)C2=O)cc1. The van der Waals surface area contributed by atoms with Crippen molar-refractivity contribution < 1.29 is 19.1 Å². The number of amides is 3. The molecule has 1 heterocycles. The number of imide groups is 1. The Bertz CT molecular complexity index is 848. The van der Waals surface area contributed by atoms with Gasteiger partial charge in [0.25, 0.3) is 5.91 Å². The minimum Gasteiger partial charge on any atom is -0.465 e. The summed E-state index contributed by atoms with van der Waals surface area (Å²) in [6, 6.07) is 16.1. The lowest BCUT2D eigenvalue weighted by Gasteiger charge is -2.21. The molecule has 0 aliphatic carbocycles. The van der Waals surface area contributed by atoms with E-state index in [-0.39, 0.29) is 12.5 Å². The molecule has 0 aromatic heterocycles. The zero-order chi connectivity index (χ0) is 19.4. The Morgan fingerprint density at radius 3 is 2.33 bits per heavy atom. The van der Waals surface area contributed by atoms with Gasteiger partial charge in [-0.3, -0.25) is 9.69 Å². The van der Waals surface area contributed by atoms with Gasteiger partial charge < -0.3 is 10.1 Å². The summed E-state index contributed by atoms with van der Waals surface area (Å²) in [7, 11) is 1.32. The molecule has 0 saturated carbocycles. The van der Waals surface area contributed by atoms with Crippen molar-refractivity contribution in [2.24, 2.45) is 0 Å². The highest BCUT2D eigenvalue weighted by Gasteiger charge is 2.47. The maximum atomic E-state index is 12.9. The molecule has 3 amide bonds. The number of nitrogens with zero attached hydrogens (tertiary/aromatic N) is 1. The molecule has 1 atom stereocenters. The van der Waals surface area contributed by atoms with Gasteiger partial charge in [0, 0.05) is 0 Å². The quantitative estimate of drug-likeness (QED) is 0.630. The van der Waals surface area contributed by atoms with E-state index in [0.717, 1.165) is 11.1 Å². The van der Waals surface area contributed by atoms with E-state index in [9.17, 15) is 14.4 Å². The van der Waals surface area contributed by atoms with E-state index < -0.39 is 17.5 Å². The van der Waals surface area contributed by atoms with Crippen LogP contribution < -0.4 is 5.32 Å². The topological polar surface area (TPSA) is 75.7 Å². The third kappa shape index (κ3) is 4.00. The predicted octanol–water partition coefficient (Wildman–Crippen LogP) is 2.92. The average molecular weight is 366 g/mol. The second kappa shape index (κ2) is 7.61. The Labute approximate surface area is 158 Å². The number of hydrogen-bond donors (Lipinski definition) is 1. The first-order valence-electron chi connectivity index (χ1n) is 8.78. The molecule has 1 saturated heterocycles. The van der Waals surface area contributed by atoms with Crippen molar-refractivity contribution in [2.75, 3.05) is 7.11 Å². The summed E-state index contributed by atoms with van der Waals surface area (Å²) in [5.41, 5.74) is 1.39. The fourth-order valence-corrected chi connectivity index (χ4v) is 3.15. The van der Waals surface area contributed by atoms with Crippen LogP contribution in [0.2, 0.25) is 0 Å². The molecule has 1 N–H and O–H groups in total. The number of urea groups is 1. The Balaban J connectivity index is 1.67. The number of carbonyl (C=O) groups excluding carboxylic acids is 3. The van der Waals surface area contributed by atoms with Gasteiger partial charge in [0.2, 0.25) is 0 Å². The van der Waals surface area contributed by atoms with Crippen molar-refractivity contribution in [3.8, 4) is 0 Å². The van der Waals surface area contributed by atoms with Crippen molar-refractivity contribution in [1.29, 1.82) is 0 Å². The van der Waals surface area contributed by atoms with Crippen LogP contribution in [0.3, 0.4) is 0 Å². The van der Waals surface area contributed by atoms with Crippen LogP contribution in [0.5, 0.6) is 0 Å². The van der Waals surface area contributed by atoms with Crippen molar-refractivity contribution >= 4 is 17.9 Å². The fraction of sp³-hybridized carbons (Fsp3) is 0.286. The van der Waals surface area contributed by atoms with Crippen LogP contribution in [0.15, 0.2) is 54.6 Å². The third-order valence-electron chi connectivity index (χ3n) is 4.82. The molecule has 2 aromatic carbocycles. The van der Waals surface area contributed by atoms with Crippen LogP contribution in [-0.4, -0.2) is 35.5 Å². The van der Waals surface area contributed by atoms with Gasteiger partial charge in [0.15, 0.2) is 0 Å². The number of benzene rings is 2. The molecule has 2 aromatic rings. The number of nitrogens with one attached hydrogen (secondary N) is 1. The summed E-state index contributed by atoms with van der Waals surface area (Å²) in [5, 5.41) is 2.82. The monoisotopic (exact) mass is 366 g/mol. The molecule has 3 rings (SSSR count). The number of carbonyl (C=O) groups is 3. The zero-order valence-electron chi connectivity index (χ0n) is 15.4. The Morgan fingerprint density at radius 1 is 1.04 bits per heavy atom. The summed E-state index contributed by atoms with van der Waals surface area (Å²) in [4.78, 5) is 37.9. The second-order valence-electron chi connectivity index (χ2n) is 6.83. The number of hydrogen-bond acceptors (Lipinski definition) is 4. The molecule has 0 bridgehead atoms. The van der Waals surface area contributed by atoms with Gasteiger partial charge in [0.05, 0.1) is 19.2 Å². The first-order valence-corrected chi connectivity index (χ1v) is 8.78. The van der Waals surface area contributed by atoms with Gasteiger partial charge in [-0.05, 0) is 43.0 Å². The first-order chi connectivity index (χ1) is 12.9. The minimum atomic E-state index is -0.918. The van der Waals surface area contributed by atoms with Crippen LogP contribution in [0.4, 0.5) is 4.79 Å². The van der Waals surface area contributed by atoms with Gasteiger partial charge in [-0.1, -0.05) is 42.5 Å². The van der Waals surface area contributed by atoms with E-state index in [1.807, 2.05) is 30.3 Å². The molecule has 1 aliphatic rings. The molecule has 6 nitrogen and oxygen atoms in total. The molecule has 140 valence electrons. The average Bonchev–Trinajstić information content (AvgIpc) is 2.90. The molecule has 0 radical (unpaired) electrons. The number of methoxy groups -OCH3 is 1. The standard InChI is InChI=1S/C21H22N2O4/c1-21(13-12-15-6-4-3-5-7-15)19(25)23(20(26)22-21)14-16-8-10-17(11-9-16)18(24)27-2/h3-11H,12-14H2,1-2H3,(H,22,26). The van der Waals surface area contributed by atoms with Gasteiger partial charge in [-0.15, -0.1) is 0 Å².